The van der Waals surface area contributed by atoms with E-state index in [0.29, 0.717) is 49.2 Å². The van der Waals surface area contributed by atoms with E-state index in [1.54, 1.807) is 0 Å². The summed E-state index contributed by atoms with van der Waals surface area (Å²) in [4.78, 5) is 9.30. The minimum atomic E-state index is 0.338. The van der Waals surface area contributed by atoms with Crippen molar-refractivity contribution in [2.24, 2.45) is 0 Å². The predicted molar refractivity (Wildman–Crippen MR) is 214 cm³/mol. The minimum absolute atomic E-state index is 0.338. The number of likely N-dealkylation sites (N-methyl/N-ethyl adjacent to an activating group) is 2. The molecular weight excluding hydrogens is 649 g/mol. The fourth-order valence-corrected chi connectivity index (χ4v) is 7.25. The molecule has 282 valence electrons. The molecule has 8 nitrogen and oxygen atoms in total. The van der Waals surface area contributed by atoms with Gasteiger partial charge in [-0.15, -0.1) is 0 Å². The maximum Gasteiger partial charge on any atom is 0.122 e. The Labute approximate surface area is 312 Å². The van der Waals surface area contributed by atoms with Gasteiger partial charge in [-0.25, -0.2) is 0 Å². The van der Waals surface area contributed by atoms with Crippen molar-refractivity contribution in [3.05, 3.63) is 115 Å². The van der Waals surface area contributed by atoms with Gasteiger partial charge in [-0.2, -0.15) is 0 Å². The fourth-order valence-electron chi connectivity index (χ4n) is 7.25. The average molecular weight is 711 g/mol. The van der Waals surface area contributed by atoms with E-state index in [9.17, 15) is 20.4 Å². The van der Waals surface area contributed by atoms with Crippen LogP contribution in [-0.2, 0) is 26.2 Å². The van der Waals surface area contributed by atoms with Crippen molar-refractivity contribution in [1.29, 1.82) is 0 Å². The summed E-state index contributed by atoms with van der Waals surface area (Å²) in [6, 6.07) is 16.2. The zero-order valence-electron chi connectivity index (χ0n) is 33.3. The van der Waals surface area contributed by atoms with Gasteiger partial charge in [0.05, 0.1) is 0 Å². The Morgan fingerprint density at radius 2 is 0.558 bits per heavy atom. The molecule has 0 fully saturated rings. The number of hydrogen-bond acceptors (Lipinski definition) is 8. The molecule has 0 aliphatic carbocycles. The summed E-state index contributed by atoms with van der Waals surface area (Å²) < 4.78 is 0. The second-order valence-corrected chi connectivity index (χ2v) is 15.4. The number of nitrogens with zero attached hydrogens (tertiary/aromatic N) is 4. The Morgan fingerprint density at radius 1 is 0.346 bits per heavy atom. The number of aryl methyl sites for hydroxylation is 8. The second kappa shape index (κ2) is 18.1. The van der Waals surface area contributed by atoms with Crippen molar-refractivity contribution in [2.45, 2.75) is 81.6 Å². The summed E-state index contributed by atoms with van der Waals surface area (Å²) in [5.41, 5.74) is 11.6. The molecule has 0 aliphatic heterocycles. The van der Waals surface area contributed by atoms with Crippen molar-refractivity contribution in [3.8, 4) is 23.0 Å². The molecule has 52 heavy (non-hydrogen) atoms. The smallest absolute Gasteiger partial charge is 0.122 e. The van der Waals surface area contributed by atoms with Crippen LogP contribution in [0.15, 0.2) is 48.5 Å². The highest BCUT2D eigenvalue weighted by atomic mass is 16.3. The van der Waals surface area contributed by atoms with Crippen molar-refractivity contribution in [2.75, 3.05) is 53.4 Å². The van der Waals surface area contributed by atoms with Gasteiger partial charge < -0.3 is 30.2 Å². The topological polar surface area (TPSA) is 93.9 Å². The molecule has 4 aromatic carbocycles. The lowest BCUT2D eigenvalue weighted by Crippen LogP contribution is -2.39. The zero-order chi connectivity index (χ0) is 38.3. The van der Waals surface area contributed by atoms with E-state index in [0.717, 1.165) is 106 Å². The van der Waals surface area contributed by atoms with Crippen molar-refractivity contribution in [3.63, 3.8) is 0 Å². The minimum Gasteiger partial charge on any atom is -0.507 e. The molecule has 4 N–H and O–H groups in total. The monoisotopic (exact) mass is 710 g/mol. The maximum absolute atomic E-state index is 10.9. The Kier molecular flexibility index (Phi) is 14.2. The lowest BCUT2D eigenvalue weighted by molar-refractivity contribution is 0.179. The van der Waals surface area contributed by atoms with Gasteiger partial charge in [-0.05, 0) is 91.7 Å². The normalized spacial score (nSPS) is 11.9. The number of benzene rings is 4. The standard InChI is InChI=1S/C44H62N4O4/c1-29-17-33(5)41(49)37(21-29)25-47(26-38-22-30(2)18-34(6)42(38)50)15-13-45(9)11-12-46(10)14-16-48(27-39-23-31(3)19-35(7)43(39)51)28-40-24-32(4)20-36(8)44(40)52/h17-24,49-52H,11-16,25-28H2,1-10H3. The lowest BCUT2D eigenvalue weighted by atomic mass is 10.0. The average Bonchev–Trinajstić information content (AvgIpc) is 3.06. The molecular formula is C44H62N4O4. The van der Waals surface area contributed by atoms with Crippen LogP contribution < -0.4 is 0 Å². The summed E-state index contributed by atoms with van der Waals surface area (Å²) in [5.74, 6) is 1.35. The molecule has 0 saturated heterocycles. The Hall–Kier alpha value is -4.08. The van der Waals surface area contributed by atoms with Gasteiger partial charge in [0.2, 0.25) is 0 Å². The Morgan fingerprint density at radius 3 is 0.788 bits per heavy atom. The molecule has 0 spiro atoms. The zero-order valence-corrected chi connectivity index (χ0v) is 33.3. The highest BCUT2D eigenvalue weighted by Crippen LogP contribution is 2.30. The molecule has 0 heterocycles. The molecule has 4 aromatic rings. The first-order valence-electron chi connectivity index (χ1n) is 18.5. The van der Waals surface area contributed by atoms with Gasteiger partial charge >= 0.3 is 0 Å². The number of aromatic hydroxyl groups is 4. The van der Waals surface area contributed by atoms with Gasteiger partial charge in [-0.1, -0.05) is 70.8 Å². The molecule has 0 amide bonds. The Bertz CT molecular complexity index is 1590. The highest BCUT2D eigenvalue weighted by Gasteiger charge is 2.18. The Balaban J connectivity index is 1.40. The first kappa shape index (κ1) is 40.7. The number of hydrogen-bond donors (Lipinski definition) is 4. The van der Waals surface area contributed by atoms with Crippen molar-refractivity contribution >= 4 is 0 Å². The van der Waals surface area contributed by atoms with Crippen LogP contribution in [0.25, 0.3) is 0 Å². The highest BCUT2D eigenvalue weighted by molar-refractivity contribution is 5.46. The van der Waals surface area contributed by atoms with Gasteiger partial charge in [-0.3, -0.25) is 9.80 Å². The van der Waals surface area contributed by atoms with E-state index in [2.05, 4.69) is 85.7 Å². The van der Waals surface area contributed by atoms with E-state index in [1.165, 1.54) is 0 Å². The third-order valence-electron chi connectivity index (χ3n) is 10.1. The number of rotatable bonds is 17. The molecule has 0 unspecified atom stereocenters. The van der Waals surface area contributed by atoms with Crippen molar-refractivity contribution < 1.29 is 20.4 Å². The summed E-state index contributed by atoms with van der Waals surface area (Å²) in [7, 11) is 4.29. The van der Waals surface area contributed by atoms with Crippen LogP contribution in [0.1, 0.15) is 66.8 Å². The van der Waals surface area contributed by atoms with Crippen LogP contribution in [-0.4, -0.2) is 93.4 Å². The van der Waals surface area contributed by atoms with Gasteiger partial charge in [0.15, 0.2) is 0 Å². The summed E-state index contributed by atoms with van der Waals surface area (Å²) >= 11 is 0. The van der Waals surface area contributed by atoms with Crippen LogP contribution >= 0.6 is 0 Å². The van der Waals surface area contributed by atoms with Gasteiger partial charge in [0.25, 0.3) is 0 Å². The summed E-state index contributed by atoms with van der Waals surface area (Å²) in [5, 5.41) is 43.7. The molecule has 0 aliphatic rings. The van der Waals surface area contributed by atoms with E-state index in [4.69, 9.17) is 0 Å². The largest absolute Gasteiger partial charge is 0.507 e. The third kappa shape index (κ3) is 11.2. The van der Waals surface area contributed by atoms with Crippen molar-refractivity contribution in [1.82, 2.24) is 19.6 Å². The second-order valence-electron chi connectivity index (χ2n) is 15.4. The van der Waals surface area contributed by atoms with Gasteiger partial charge in [0.1, 0.15) is 23.0 Å². The van der Waals surface area contributed by atoms with Crippen LogP contribution in [0.5, 0.6) is 23.0 Å². The summed E-state index contributed by atoms with van der Waals surface area (Å²) in [6.07, 6.45) is 0. The maximum atomic E-state index is 10.9. The van der Waals surface area contributed by atoms with Crippen LogP contribution in [0.4, 0.5) is 0 Å². The quantitative estimate of drug-likeness (QED) is 0.0894. The van der Waals surface area contributed by atoms with E-state index >= 15 is 0 Å². The number of phenols is 4. The summed E-state index contributed by atoms with van der Waals surface area (Å²) in [6.45, 7) is 23.3. The first-order chi connectivity index (χ1) is 24.5. The number of phenolic OH excluding ortho intramolecular Hbond substituents is 4. The third-order valence-corrected chi connectivity index (χ3v) is 10.1. The van der Waals surface area contributed by atoms with E-state index < -0.39 is 0 Å². The molecule has 0 saturated carbocycles. The predicted octanol–water partition coefficient (Wildman–Crippen LogP) is 7.54. The van der Waals surface area contributed by atoms with E-state index in [-0.39, 0.29) is 0 Å². The van der Waals surface area contributed by atoms with E-state index in [1.807, 2.05) is 52.0 Å². The molecule has 0 radical (unpaired) electrons. The SMILES string of the molecule is Cc1cc(C)c(O)c(CN(CCN(C)CCN(C)CCN(Cc2cc(C)cc(C)c2O)Cc2cc(C)cc(C)c2O)Cc2cc(C)cc(C)c2O)c1. The first-order valence-corrected chi connectivity index (χ1v) is 18.5. The van der Waals surface area contributed by atoms with Crippen LogP contribution in [0.2, 0.25) is 0 Å². The van der Waals surface area contributed by atoms with Crippen LogP contribution in [0.3, 0.4) is 0 Å². The molecule has 0 atom stereocenters. The fraction of sp³-hybridized carbons (Fsp3) is 0.455. The molecule has 0 aromatic heterocycles. The molecule has 8 heteroatoms. The molecule has 4 rings (SSSR count). The molecule has 0 bridgehead atoms. The van der Waals surface area contributed by atoms with Gasteiger partial charge in [0, 0.05) is 87.7 Å². The lowest BCUT2D eigenvalue weighted by Gasteiger charge is -2.29. The van der Waals surface area contributed by atoms with Crippen LogP contribution in [0, 0.1) is 55.4 Å².